The Morgan fingerprint density at radius 3 is 2.44 bits per heavy atom. The molecule has 0 fully saturated rings. The van der Waals surface area contributed by atoms with Crippen molar-refractivity contribution in [2.45, 2.75) is 24.3 Å². The van der Waals surface area contributed by atoms with Crippen molar-refractivity contribution >= 4 is 32.7 Å². The van der Waals surface area contributed by atoms with Gasteiger partial charge in [0.25, 0.3) is 10.0 Å². The average molecular weight is 484 g/mol. The first kappa shape index (κ1) is 23.2. The van der Waals surface area contributed by atoms with Crippen LogP contribution in [-0.4, -0.2) is 30.5 Å². The fraction of sp³-hybridized carbons (Fsp3) is 0.167. The third-order valence-electron chi connectivity index (χ3n) is 5.15. The quantitative estimate of drug-likeness (QED) is 0.280. The Bertz CT molecular complexity index is 1460. The topological polar surface area (TPSA) is 110 Å². The van der Waals surface area contributed by atoms with Crippen molar-refractivity contribution in [1.82, 2.24) is 9.55 Å². The summed E-state index contributed by atoms with van der Waals surface area (Å²) in [7, 11) is -3.85. The highest BCUT2D eigenvalue weighted by atomic mass is 32.2. The number of ether oxygens (including phenoxy) is 1. The van der Waals surface area contributed by atoms with Gasteiger partial charge in [-0.25, -0.2) is 17.6 Å². The molecule has 1 heterocycles. The van der Waals surface area contributed by atoms with Gasteiger partial charge in [0.2, 0.25) is 0 Å². The average Bonchev–Trinajstić information content (AvgIpc) is 3.13. The highest BCUT2D eigenvalue weighted by Crippen LogP contribution is 2.17. The van der Waals surface area contributed by atoms with Crippen LogP contribution in [0.5, 0.6) is 0 Å². The van der Waals surface area contributed by atoms with Crippen molar-refractivity contribution in [1.29, 1.82) is 0 Å². The molecule has 0 bridgehead atoms. The summed E-state index contributed by atoms with van der Waals surface area (Å²) in [6.45, 7) is 0.583. The molecule has 2 N–H and O–H groups in total. The summed E-state index contributed by atoms with van der Waals surface area (Å²) in [5.41, 5.74) is 2.32. The summed E-state index contributed by atoms with van der Waals surface area (Å²) in [5.74, 6) is -0.951. The van der Waals surface area contributed by atoms with Gasteiger partial charge in [-0.3, -0.25) is 14.1 Å². The Balaban J connectivity index is 1.26. The van der Waals surface area contributed by atoms with Gasteiger partial charge in [-0.05, 0) is 60.5 Å². The van der Waals surface area contributed by atoms with Gasteiger partial charge < -0.3 is 9.72 Å². The molecule has 10 heteroatoms. The molecule has 0 spiro atoms. The first-order valence-electron chi connectivity index (χ1n) is 10.5. The maximum atomic E-state index is 13.0. The van der Waals surface area contributed by atoms with Crippen LogP contribution in [0.2, 0.25) is 0 Å². The minimum atomic E-state index is -3.85. The number of aromatic amines is 1. The van der Waals surface area contributed by atoms with Crippen LogP contribution in [0.1, 0.15) is 12.0 Å². The second kappa shape index (κ2) is 9.92. The van der Waals surface area contributed by atoms with E-state index in [-0.39, 0.29) is 23.6 Å². The van der Waals surface area contributed by atoms with Crippen LogP contribution in [0.3, 0.4) is 0 Å². The van der Waals surface area contributed by atoms with Gasteiger partial charge >= 0.3 is 11.7 Å². The minimum absolute atomic E-state index is 0.0258. The molecule has 0 saturated carbocycles. The van der Waals surface area contributed by atoms with E-state index in [1.165, 1.54) is 24.3 Å². The van der Waals surface area contributed by atoms with Gasteiger partial charge in [0.15, 0.2) is 0 Å². The number of hydrogen-bond acceptors (Lipinski definition) is 5. The standard InChI is InChI=1S/C24H22FN3O5S/c25-18-8-12-20(13-9-18)34(31,32)27-19-10-6-17(7-11-19)16-23(29)33-15-3-14-28-22-5-2-1-4-21(22)26-24(28)30/h1-2,4-13,27H,3,14-16H2,(H,26,30). The van der Waals surface area contributed by atoms with Crippen molar-refractivity contribution in [3.63, 3.8) is 0 Å². The van der Waals surface area contributed by atoms with Gasteiger partial charge in [-0.1, -0.05) is 24.3 Å². The Kier molecular flexibility index (Phi) is 6.78. The Hall–Kier alpha value is -3.92. The van der Waals surface area contributed by atoms with E-state index in [1.54, 1.807) is 16.7 Å². The number of nitrogens with zero attached hydrogens (tertiary/aromatic N) is 1. The molecule has 0 aliphatic rings. The molecular formula is C24H22FN3O5S. The van der Waals surface area contributed by atoms with Gasteiger partial charge in [0.05, 0.1) is 29.0 Å². The molecule has 0 unspecified atom stereocenters. The Morgan fingerprint density at radius 2 is 1.71 bits per heavy atom. The number of aryl methyl sites for hydroxylation is 1. The van der Waals surface area contributed by atoms with Crippen LogP contribution >= 0.6 is 0 Å². The molecule has 176 valence electrons. The van der Waals surface area contributed by atoms with E-state index in [9.17, 15) is 22.4 Å². The fourth-order valence-corrected chi connectivity index (χ4v) is 4.53. The number of hydrogen-bond donors (Lipinski definition) is 2. The van der Waals surface area contributed by atoms with Crippen molar-refractivity contribution in [3.05, 3.63) is 94.7 Å². The second-order valence-electron chi connectivity index (χ2n) is 7.61. The number of para-hydroxylation sites is 2. The largest absolute Gasteiger partial charge is 0.465 e. The summed E-state index contributed by atoms with van der Waals surface area (Å²) in [6.07, 6.45) is 0.510. The fourth-order valence-electron chi connectivity index (χ4n) is 3.47. The Morgan fingerprint density at radius 1 is 1.00 bits per heavy atom. The van der Waals surface area contributed by atoms with Crippen molar-refractivity contribution < 1.29 is 22.3 Å². The van der Waals surface area contributed by atoms with Crippen LogP contribution in [0, 0.1) is 5.82 Å². The minimum Gasteiger partial charge on any atom is -0.465 e. The number of nitrogens with one attached hydrogen (secondary N) is 2. The number of H-pyrrole nitrogens is 1. The molecule has 0 atom stereocenters. The van der Waals surface area contributed by atoms with Crippen LogP contribution in [0.4, 0.5) is 10.1 Å². The molecular weight excluding hydrogens is 461 g/mol. The number of imidazole rings is 1. The number of carbonyl (C=O) groups excluding carboxylic acids is 1. The summed E-state index contributed by atoms with van der Waals surface area (Å²) in [4.78, 5) is 26.9. The third kappa shape index (κ3) is 5.52. The summed E-state index contributed by atoms with van der Waals surface area (Å²) >= 11 is 0. The smallest absolute Gasteiger partial charge is 0.326 e. The van der Waals surface area contributed by atoms with Crippen molar-refractivity contribution in [3.8, 4) is 0 Å². The van der Waals surface area contributed by atoms with Gasteiger partial charge in [0.1, 0.15) is 5.82 Å². The molecule has 0 amide bonds. The first-order valence-corrected chi connectivity index (χ1v) is 12.0. The second-order valence-corrected chi connectivity index (χ2v) is 9.29. The van der Waals surface area contributed by atoms with Crippen LogP contribution in [-0.2, 0) is 32.5 Å². The zero-order valence-corrected chi connectivity index (χ0v) is 18.8. The lowest BCUT2D eigenvalue weighted by atomic mass is 10.1. The van der Waals surface area contributed by atoms with E-state index in [0.29, 0.717) is 24.2 Å². The Labute approximate surface area is 195 Å². The van der Waals surface area contributed by atoms with E-state index in [0.717, 1.165) is 23.2 Å². The molecule has 4 rings (SSSR count). The van der Waals surface area contributed by atoms with E-state index in [4.69, 9.17) is 4.74 Å². The number of fused-ring (bicyclic) bond motifs is 1. The van der Waals surface area contributed by atoms with Crippen LogP contribution < -0.4 is 10.4 Å². The molecule has 4 aromatic rings. The molecule has 3 aromatic carbocycles. The van der Waals surface area contributed by atoms with E-state index < -0.39 is 21.8 Å². The zero-order chi connectivity index (χ0) is 24.1. The molecule has 1 aromatic heterocycles. The van der Waals surface area contributed by atoms with Crippen LogP contribution in [0.25, 0.3) is 11.0 Å². The highest BCUT2D eigenvalue weighted by molar-refractivity contribution is 7.92. The van der Waals surface area contributed by atoms with E-state index in [1.807, 2.05) is 24.3 Å². The van der Waals surface area contributed by atoms with Gasteiger partial charge in [-0.15, -0.1) is 0 Å². The van der Waals surface area contributed by atoms with E-state index in [2.05, 4.69) is 9.71 Å². The zero-order valence-electron chi connectivity index (χ0n) is 18.0. The summed E-state index contributed by atoms with van der Waals surface area (Å²) < 4.78 is 47.0. The maximum Gasteiger partial charge on any atom is 0.326 e. The number of aromatic nitrogens is 2. The van der Waals surface area contributed by atoms with E-state index >= 15 is 0 Å². The predicted molar refractivity (Wildman–Crippen MR) is 125 cm³/mol. The first-order chi connectivity index (χ1) is 16.3. The predicted octanol–water partition coefficient (Wildman–Crippen LogP) is 3.45. The highest BCUT2D eigenvalue weighted by Gasteiger charge is 2.14. The lowest BCUT2D eigenvalue weighted by Gasteiger charge is -2.09. The lowest BCUT2D eigenvalue weighted by molar-refractivity contribution is -0.143. The van der Waals surface area contributed by atoms with Crippen molar-refractivity contribution in [2.75, 3.05) is 11.3 Å². The number of carbonyl (C=O) groups is 1. The molecule has 0 aliphatic carbocycles. The molecule has 8 nitrogen and oxygen atoms in total. The number of esters is 1. The van der Waals surface area contributed by atoms with Gasteiger partial charge in [0, 0.05) is 12.2 Å². The lowest BCUT2D eigenvalue weighted by Crippen LogP contribution is -2.18. The normalized spacial score (nSPS) is 11.4. The number of anilines is 1. The maximum absolute atomic E-state index is 13.0. The SMILES string of the molecule is O=C(Cc1ccc(NS(=O)(=O)c2ccc(F)cc2)cc1)OCCCn1c(=O)[nH]c2ccccc21. The van der Waals surface area contributed by atoms with Crippen LogP contribution in [0.15, 0.2) is 82.5 Å². The monoisotopic (exact) mass is 483 g/mol. The molecule has 0 aliphatic heterocycles. The van der Waals surface area contributed by atoms with Crippen molar-refractivity contribution in [2.24, 2.45) is 0 Å². The summed E-state index contributed by atoms with van der Waals surface area (Å²) in [5, 5.41) is 0. The number of sulfonamides is 1. The number of benzene rings is 3. The number of rotatable bonds is 9. The number of halogens is 1. The molecule has 34 heavy (non-hydrogen) atoms. The molecule has 0 radical (unpaired) electrons. The van der Waals surface area contributed by atoms with Gasteiger partial charge in [-0.2, -0.15) is 0 Å². The molecule has 0 saturated heterocycles. The third-order valence-corrected chi connectivity index (χ3v) is 6.55. The summed E-state index contributed by atoms with van der Waals surface area (Å²) in [6, 6.07) is 18.2.